The van der Waals surface area contributed by atoms with Crippen LogP contribution in [0.15, 0.2) is 77.6 Å². The molecule has 1 aromatic carbocycles. The van der Waals surface area contributed by atoms with Gasteiger partial charge >= 0.3 is 0 Å². The van der Waals surface area contributed by atoms with Gasteiger partial charge in [-0.15, -0.1) is 0 Å². The first-order valence-corrected chi connectivity index (χ1v) is 11.7. The number of rotatable bonds is 7. The van der Waals surface area contributed by atoms with Gasteiger partial charge in [-0.05, 0) is 36.2 Å². The highest BCUT2D eigenvalue weighted by Gasteiger charge is 2.10. The average molecular weight is 469 g/mol. The van der Waals surface area contributed by atoms with Gasteiger partial charge in [0, 0.05) is 30.9 Å². The van der Waals surface area contributed by atoms with Gasteiger partial charge in [0.15, 0.2) is 5.76 Å². The molecule has 3 N–H and O–H groups in total. The number of benzene rings is 1. The molecule has 4 rings (SSSR count). The van der Waals surface area contributed by atoms with Crippen LogP contribution in [0.5, 0.6) is 5.88 Å². The zero-order valence-electron chi connectivity index (χ0n) is 18.0. The number of pyridine rings is 2. The third-order valence-electron chi connectivity index (χ3n) is 4.46. The lowest BCUT2D eigenvalue weighted by atomic mass is 10.1. The number of nitrogens with zero attached hydrogens (tertiary/aromatic N) is 3. The Hall–Kier alpha value is -3.76. The standard InChI is InChI=1S/C21H18N4O2.C2H6O3S/c22-21-18(4-3-11-24-21)19-13-17(25-27-19)12-15-6-8-16(9-7-15)14-26-20-5-1-2-10-23-20;1-2-6(3,4)5/h1-11,13H,12,14H2,(H2,22,24);2H2,1H3,(H,3,4,5). The Kier molecular flexibility index (Phi) is 8.11. The van der Waals surface area contributed by atoms with Gasteiger partial charge in [-0.1, -0.05) is 35.5 Å². The molecule has 0 saturated carbocycles. The lowest BCUT2D eigenvalue weighted by Crippen LogP contribution is -1.97. The summed E-state index contributed by atoms with van der Waals surface area (Å²) in [5, 5.41) is 4.14. The maximum Gasteiger partial charge on any atom is 0.264 e. The van der Waals surface area contributed by atoms with Crippen LogP contribution in [0.1, 0.15) is 23.7 Å². The van der Waals surface area contributed by atoms with Crippen molar-refractivity contribution in [2.75, 3.05) is 11.5 Å². The van der Waals surface area contributed by atoms with E-state index in [4.69, 9.17) is 19.5 Å². The van der Waals surface area contributed by atoms with Gasteiger partial charge < -0.3 is 15.0 Å². The summed E-state index contributed by atoms with van der Waals surface area (Å²) in [7, 11) is -3.66. The fourth-order valence-corrected chi connectivity index (χ4v) is 2.70. The van der Waals surface area contributed by atoms with Crippen LogP contribution in [-0.2, 0) is 23.1 Å². The number of hydrogen-bond donors (Lipinski definition) is 2. The summed E-state index contributed by atoms with van der Waals surface area (Å²) in [4.78, 5) is 8.22. The Bertz CT molecular complexity index is 1260. The minimum Gasteiger partial charge on any atom is -0.473 e. The van der Waals surface area contributed by atoms with Crippen LogP contribution in [0.25, 0.3) is 11.3 Å². The SMILES string of the molecule is CCS(=O)(=O)O.Nc1ncccc1-c1cc(Cc2ccc(COc3ccccn3)cc2)no1. The molecule has 0 saturated heterocycles. The van der Waals surface area contributed by atoms with Crippen LogP contribution < -0.4 is 10.5 Å². The molecule has 0 radical (unpaired) electrons. The minimum atomic E-state index is -3.66. The molecule has 172 valence electrons. The van der Waals surface area contributed by atoms with Crippen molar-refractivity contribution < 1.29 is 22.2 Å². The lowest BCUT2D eigenvalue weighted by Gasteiger charge is -2.05. The lowest BCUT2D eigenvalue weighted by molar-refractivity contribution is 0.294. The Labute approximate surface area is 192 Å². The second-order valence-corrected chi connectivity index (χ2v) is 8.68. The van der Waals surface area contributed by atoms with Crippen molar-refractivity contribution in [3.8, 4) is 17.2 Å². The summed E-state index contributed by atoms with van der Waals surface area (Å²) in [6.07, 6.45) is 4.03. The fraction of sp³-hybridized carbons (Fsp3) is 0.174. The second kappa shape index (κ2) is 11.2. The number of ether oxygens (including phenoxy) is 1. The van der Waals surface area contributed by atoms with E-state index >= 15 is 0 Å². The molecule has 0 fully saturated rings. The first-order valence-electron chi connectivity index (χ1n) is 10.1. The average Bonchev–Trinajstić information content (AvgIpc) is 3.28. The molecule has 3 aromatic heterocycles. The van der Waals surface area contributed by atoms with Crippen molar-refractivity contribution in [3.05, 3.63) is 89.9 Å². The van der Waals surface area contributed by atoms with Gasteiger partial charge in [-0.3, -0.25) is 4.55 Å². The summed E-state index contributed by atoms with van der Waals surface area (Å²) in [6, 6.07) is 19.4. The van der Waals surface area contributed by atoms with Crippen LogP contribution in [0.4, 0.5) is 5.82 Å². The van der Waals surface area contributed by atoms with Gasteiger partial charge in [-0.25, -0.2) is 9.97 Å². The maximum absolute atomic E-state index is 9.56. The molecule has 10 heteroatoms. The third kappa shape index (κ3) is 7.70. The van der Waals surface area contributed by atoms with Gasteiger partial charge in [0.05, 0.1) is 17.0 Å². The molecule has 0 bridgehead atoms. The molecule has 0 aliphatic rings. The molecule has 3 heterocycles. The van der Waals surface area contributed by atoms with Crippen molar-refractivity contribution in [2.24, 2.45) is 0 Å². The van der Waals surface area contributed by atoms with Crippen molar-refractivity contribution in [1.29, 1.82) is 0 Å². The highest BCUT2D eigenvalue weighted by molar-refractivity contribution is 7.85. The molecule has 0 amide bonds. The van der Waals surface area contributed by atoms with Crippen LogP contribution in [0.3, 0.4) is 0 Å². The topological polar surface area (TPSA) is 141 Å². The van der Waals surface area contributed by atoms with Crippen LogP contribution in [0.2, 0.25) is 0 Å². The van der Waals surface area contributed by atoms with E-state index in [-0.39, 0.29) is 5.75 Å². The highest BCUT2D eigenvalue weighted by Crippen LogP contribution is 2.25. The minimum absolute atomic E-state index is 0.201. The van der Waals surface area contributed by atoms with Crippen LogP contribution in [-0.4, -0.2) is 33.8 Å². The van der Waals surface area contributed by atoms with E-state index in [1.54, 1.807) is 12.4 Å². The van der Waals surface area contributed by atoms with Gasteiger partial charge in [-0.2, -0.15) is 8.42 Å². The Morgan fingerprint density at radius 3 is 2.33 bits per heavy atom. The third-order valence-corrected chi connectivity index (χ3v) is 5.19. The monoisotopic (exact) mass is 468 g/mol. The van der Waals surface area contributed by atoms with Crippen LogP contribution >= 0.6 is 0 Å². The summed E-state index contributed by atoms with van der Waals surface area (Å²) in [5.74, 6) is 1.47. The second-order valence-electron chi connectivity index (χ2n) is 6.94. The largest absolute Gasteiger partial charge is 0.473 e. The molecule has 9 nitrogen and oxygen atoms in total. The number of nitrogens with two attached hydrogens (primary N) is 1. The molecule has 4 aromatic rings. The van der Waals surface area contributed by atoms with Crippen molar-refractivity contribution in [1.82, 2.24) is 15.1 Å². The maximum atomic E-state index is 9.56. The van der Waals surface area contributed by atoms with E-state index in [2.05, 4.69) is 27.3 Å². The van der Waals surface area contributed by atoms with E-state index in [0.717, 1.165) is 22.4 Å². The van der Waals surface area contributed by atoms with E-state index in [1.165, 1.54) is 6.92 Å². The zero-order chi connectivity index (χ0) is 23.7. The fourth-order valence-electron chi connectivity index (χ4n) is 2.70. The predicted molar refractivity (Wildman–Crippen MR) is 124 cm³/mol. The number of anilines is 1. The number of nitrogen functional groups attached to an aromatic ring is 1. The number of aromatic nitrogens is 3. The molecule has 33 heavy (non-hydrogen) atoms. The smallest absolute Gasteiger partial charge is 0.264 e. The van der Waals surface area contributed by atoms with E-state index in [1.807, 2.05) is 48.5 Å². The predicted octanol–water partition coefficient (Wildman–Crippen LogP) is 3.78. The highest BCUT2D eigenvalue weighted by atomic mass is 32.2. The molecular formula is C23H24N4O5S. The molecular weight excluding hydrogens is 444 g/mol. The summed E-state index contributed by atoms with van der Waals surface area (Å²) >= 11 is 0. The first kappa shape index (κ1) is 23.9. The summed E-state index contributed by atoms with van der Waals surface area (Å²) in [5.41, 5.74) is 9.69. The first-order chi connectivity index (χ1) is 15.8. The van der Waals surface area contributed by atoms with Crippen LogP contribution in [0, 0.1) is 0 Å². The van der Waals surface area contributed by atoms with E-state index < -0.39 is 10.1 Å². The molecule has 0 unspecified atom stereocenters. The van der Waals surface area contributed by atoms with Gasteiger partial charge in [0.2, 0.25) is 5.88 Å². The molecule has 0 aliphatic carbocycles. The molecule has 0 atom stereocenters. The Morgan fingerprint density at radius 1 is 1.00 bits per heavy atom. The quantitative estimate of drug-likeness (QED) is 0.387. The van der Waals surface area contributed by atoms with Crippen molar-refractivity contribution in [3.63, 3.8) is 0 Å². The summed E-state index contributed by atoms with van der Waals surface area (Å²) in [6.45, 7) is 1.85. The molecule has 0 spiro atoms. The normalized spacial score (nSPS) is 10.8. The number of hydrogen-bond acceptors (Lipinski definition) is 8. The Morgan fingerprint density at radius 2 is 1.70 bits per heavy atom. The van der Waals surface area contributed by atoms with E-state index in [9.17, 15) is 8.42 Å². The molecule has 0 aliphatic heterocycles. The zero-order valence-corrected chi connectivity index (χ0v) is 18.8. The van der Waals surface area contributed by atoms with Gasteiger partial charge in [0.25, 0.3) is 10.1 Å². The van der Waals surface area contributed by atoms with Crippen molar-refractivity contribution >= 4 is 15.9 Å². The van der Waals surface area contributed by atoms with E-state index in [0.29, 0.717) is 30.5 Å². The van der Waals surface area contributed by atoms with Gasteiger partial charge in [0.1, 0.15) is 12.4 Å². The Balaban J connectivity index is 0.000000454. The summed E-state index contributed by atoms with van der Waals surface area (Å²) < 4.78 is 38.0. The van der Waals surface area contributed by atoms with Crippen molar-refractivity contribution in [2.45, 2.75) is 20.0 Å².